The Morgan fingerprint density at radius 2 is 1.74 bits per heavy atom. The van der Waals surface area contributed by atoms with Crippen LogP contribution in [-0.2, 0) is 4.79 Å². The van der Waals surface area contributed by atoms with E-state index >= 15 is 0 Å². The number of allylic oxidation sites excluding steroid dienone is 1. The lowest BCUT2D eigenvalue weighted by molar-refractivity contribution is -0.120. The zero-order valence-electron chi connectivity index (χ0n) is 13.3. The van der Waals surface area contributed by atoms with E-state index < -0.39 is 0 Å². The fourth-order valence-corrected chi connectivity index (χ4v) is 2.08. The number of para-hydroxylation sites is 2. The number of carbonyl (C=O) groups is 1. The highest BCUT2D eigenvalue weighted by atomic mass is 16.5. The molecule has 2 rings (SSSR count). The highest BCUT2D eigenvalue weighted by Gasteiger charge is 2.05. The summed E-state index contributed by atoms with van der Waals surface area (Å²) in [5.74, 6) is 0.526. The molecule has 2 aromatic rings. The molecule has 2 aromatic carbocycles. The van der Waals surface area contributed by atoms with Gasteiger partial charge in [-0.05, 0) is 24.6 Å². The molecule has 120 valence electrons. The zero-order chi connectivity index (χ0) is 16.5. The van der Waals surface area contributed by atoms with Crippen molar-refractivity contribution < 1.29 is 9.53 Å². The van der Waals surface area contributed by atoms with Crippen LogP contribution in [0.5, 0.6) is 5.75 Å². The Balaban J connectivity index is 1.85. The average Bonchev–Trinajstić information content (AvgIpc) is 2.61. The normalized spacial score (nSPS) is 10.8. The highest BCUT2D eigenvalue weighted by molar-refractivity contribution is 5.82. The summed E-state index contributed by atoms with van der Waals surface area (Å²) in [6, 6.07) is 17.3. The van der Waals surface area contributed by atoms with Gasteiger partial charge in [0.15, 0.2) is 0 Å². The summed E-state index contributed by atoms with van der Waals surface area (Å²) in [5, 5.41) is 3.05. The minimum absolute atomic E-state index is 0.138. The molecule has 0 atom stereocenters. The van der Waals surface area contributed by atoms with Gasteiger partial charge in [0.1, 0.15) is 5.75 Å². The van der Waals surface area contributed by atoms with Crippen LogP contribution in [0.15, 0.2) is 60.7 Å². The fraction of sp³-hybridized carbons (Fsp3) is 0.167. The van der Waals surface area contributed by atoms with Gasteiger partial charge in [0.05, 0.1) is 25.0 Å². The molecule has 0 saturated carbocycles. The number of ether oxygens (including phenoxy) is 1. The van der Waals surface area contributed by atoms with Gasteiger partial charge in [0.25, 0.3) is 5.91 Å². The van der Waals surface area contributed by atoms with E-state index in [1.807, 2.05) is 67.6 Å². The summed E-state index contributed by atoms with van der Waals surface area (Å²) >= 11 is 0. The quantitative estimate of drug-likeness (QED) is 0.688. The third kappa shape index (κ3) is 4.78. The molecule has 0 aliphatic carbocycles. The van der Waals surface area contributed by atoms with E-state index in [9.17, 15) is 4.79 Å². The van der Waals surface area contributed by atoms with Crippen molar-refractivity contribution in [2.45, 2.75) is 6.92 Å². The smallest absolute Gasteiger partial charge is 0.257 e. The van der Waals surface area contributed by atoms with Crippen LogP contribution in [0.25, 0.3) is 5.70 Å². The Morgan fingerprint density at radius 3 is 2.43 bits per heavy atom. The molecular weight excluding hydrogens is 290 g/mol. The summed E-state index contributed by atoms with van der Waals surface area (Å²) in [4.78, 5) is 12.0. The van der Waals surface area contributed by atoms with E-state index in [-0.39, 0.29) is 12.5 Å². The van der Waals surface area contributed by atoms with Crippen molar-refractivity contribution in [1.82, 2.24) is 10.9 Å². The predicted molar refractivity (Wildman–Crippen MR) is 92.9 cm³/mol. The number of hydrogen-bond acceptors (Lipinski definition) is 4. The number of methoxy groups -OCH3 is 1. The highest BCUT2D eigenvalue weighted by Crippen LogP contribution is 2.22. The van der Waals surface area contributed by atoms with E-state index in [0.717, 1.165) is 16.9 Å². The number of hydrogen-bond donors (Lipinski definition) is 3. The van der Waals surface area contributed by atoms with Gasteiger partial charge >= 0.3 is 0 Å². The molecule has 5 heteroatoms. The van der Waals surface area contributed by atoms with Crippen LogP contribution >= 0.6 is 0 Å². The first-order valence-electron chi connectivity index (χ1n) is 7.38. The molecule has 5 nitrogen and oxygen atoms in total. The van der Waals surface area contributed by atoms with Crippen molar-refractivity contribution in [2.24, 2.45) is 0 Å². The molecule has 0 radical (unpaired) electrons. The Bertz CT molecular complexity index is 669. The molecule has 1 amide bonds. The summed E-state index contributed by atoms with van der Waals surface area (Å²) < 4.78 is 5.23. The molecule has 0 unspecified atom stereocenters. The Morgan fingerprint density at radius 1 is 1.04 bits per heavy atom. The Labute approximate surface area is 136 Å². The first-order chi connectivity index (χ1) is 11.2. The van der Waals surface area contributed by atoms with Crippen LogP contribution in [0.2, 0.25) is 0 Å². The standard InChI is InChI=1S/C18H21N3O2/c1-3-15(14-9-5-4-6-10-14)20-21-18(22)13-19-16-11-7-8-12-17(16)23-2/h3-12,19-20H,13H2,1-2H3,(H,21,22)/b15-3-. The first kappa shape index (κ1) is 16.4. The molecule has 0 spiro atoms. The van der Waals surface area contributed by atoms with Gasteiger partial charge < -0.3 is 10.1 Å². The van der Waals surface area contributed by atoms with E-state index in [1.54, 1.807) is 7.11 Å². The van der Waals surface area contributed by atoms with E-state index in [0.29, 0.717) is 5.75 Å². The maximum Gasteiger partial charge on any atom is 0.257 e. The third-order valence-electron chi connectivity index (χ3n) is 3.26. The lowest BCUT2D eigenvalue weighted by Crippen LogP contribution is -2.39. The second-order valence-corrected chi connectivity index (χ2v) is 4.80. The van der Waals surface area contributed by atoms with Gasteiger partial charge in [-0.25, -0.2) is 0 Å². The van der Waals surface area contributed by atoms with Gasteiger partial charge in [-0.3, -0.25) is 15.6 Å². The van der Waals surface area contributed by atoms with Crippen LogP contribution in [0.3, 0.4) is 0 Å². The molecular formula is C18H21N3O2. The van der Waals surface area contributed by atoms with E-state index in [4.69, 9.17) is 4.74 Å². The number of anilines is 1. The summed E-state index contributed by atoms with van der Waals surface area (Å²) in [5.41, 5.74) is 8.25. The predicted octanol–water partition coefficient (Wildman–Crippen LogP) is 2.79. The largest absolute Gasteiger partial charge is 0.495 e. The Kier molecular flexibility index (Phi) is 6.06. The van der Waals surface area contributed by atoms with Crippen molar-refractivity contribution in [3.8, 4) is 5.75 Å². The van der Waals surface area contributed by atoms with Crippen LogP contribution in [-0.4, -0.2) is 19.6 Å². The van der Waals surface area contributed by atoms with Crippen LogP contribution in [0.4, 0.5) is 5.69 Å². The number of hydrazine groups is 1. The van der Waals surface area contributed by atoms with E-state index in [1.165, 1.54) is 0 Å². The number of benzene rings is 2. The molecule has 0 aliphatic rings. The average molecular weight is 311 g/mol. The topological polar surface area (TPSA) is 62.4 Å². The van der Waals surface area contributed by atoms with E-state index in [2.05, 4.69) is 16.2 Å². The fourth-order valence-electron chi connectivity index (χ4n) is 2.08. The minimum Gasteiger partial charge on any atom is -0.495 e. The van der Waals surface area contributed by atoms with Crippen molar-refractivity contribution in [3.63, 3.8) is 0 Å². The maximum absolute atomic E-state index is 12.0. The van der Waals surface area contributed by atoms with Gasteiger partial charge in [0, 0.05) is 0 Å². The second-order valence-electron chi connectivity index (χ2n) is 4.80. The monoisotopic (exact) mass is 311 g/mol. The molecule has 0 aliphatic heterocycles. The van der Waals surface area contributed by atoms with Gasteiger partial charge in [-0.15, -0.1) is 0 Å². The zero-order valence-corrected chi connectivity index (χ0v) is 13.3. The number of rotatable bonds is 7. The Hall–Kier alpha value is -2.95. The molecule has 0 bridgehead atoms. The molecule has 23 heavy (non-hydrogen) atoms. The van der Waals surface area contributed by atoms with Gasteiger partial charge in [-0.2, -0.15) is 0 Å². The summed E-state index contributed by atoms with van der Waals surface area (Å²) in [6.07, 6.45) is 1.91. The minimum atomic E-state index is -0.175. The second kappa shape index (κ2) is 8.48. The number of nitrogens with one attached hydrogen (secondary N) is 3. The summed E-state index contributed by atoms with van der Waals surface area (Å²) in [7, 11) is 1.60. The number of amides is 1. The van der Waals surface area contributed by atoms with Gasteiger partial charge in [-0.1, -0.05) is 48.5 Å². The number of carbonyl (C=O) groups excluding carboxylic acids is 1. The lowest BCUT2D eigenvalue weighted by atomic mass is 10.1. The molecule has 0 heterocycles. The SMILES string of the molecule is C/C=C(\NNC(=O)CNc1ccccc1OC)c1ccccc1. The van der Waals surface area contributed by atoms with Gasteiger partial charge in [0.2, 0.25) is 0 Å². The van der Waals surface area contributed by atoms with Crippen molar-refractivity contribution in [3.05, 3.63) is 66.2 Å². The lowest BCUT2D eigenvalue weighted by Gasteiger charge is -2.14. The van der Waals surface area contributed by atoms with Crippen LogP contribution < -0.4 is 20.9 Å². The first-order valence-corrected chi connectivity index (χ1v) is 7.38. The molecule has 0 aromatic heterocycles. The van der Waals surface area contributed by atoms with Crippen molar-refractivity contribution in [1.29, 1.82) is 0 Å². The van der Waals surface area contributed by atoms with Crippen molar-refractivity contribution >= 4 is 17.3 Å². The molecule has 0 fully saturated rings. The third-order valence-corrected chi connectivity index (χ3v) is 3.26. The maximum atomic E-state index is 12.0. The molecule has 3 N–H and O–H groups in total. The molecule has 0 saturated heterocycles. The van der Waals surface area contributed by atoms with Crippen LogP contribution in [0.1, 0.15) is 12.5 Å². The van der Waals surface area contributed by atoms with Crippen LogP contribution in [0, 0.1) is 0 Å². The summed E-state index contributed by atoms with van der Waals surface area (Å²) in [6.45, 7) is 2.05. The van der Waals surface area contributed by atoms with Crippen molar-refractivity contribution in [2.75, 3.05) is 19.0 Å².